The fourth-order valence-corrected chi connectivity index (χ4v) is 1.03. The molecule has 0 aliphatic carbocycles. The minimum atomic E-state index is -0.797. The van der Waals surface area contributed by atoms with Gasteiger partial charge in [0.2, 0.25) is 0 Å². The van der Waals surface area contributed by atoms with Crippen LogP contribution in [-0.2, 0) is 6.54 Å². The van der Waals surface area contributed by atoms with Gasteiger partial charge in [-0.1, -0.05) is 0 Å². The van der Waals surface area contributed by atoms with Crippen molar-refractivity contribution in [3.63, 3.8) is 0 Å². The van der Waals surface area contributed by atoms with Gasteiger partial charge in [0, 0.05) is 12.6 Å². The first-order valence-corrected chi connectivity index (χ1v) is 3.66. The summed E-state index contributed by atoms with van der Waals surface area (Å²) in [5, 5.41) is 9.19. The van der Waals surface area contributed by atoms with Crippen LogP contribution < -0.4 is 5.56 Å². The Labute approximate surface area is 69.1 Å². The van der Waals surface area contributed by atoms with E-state index in [4.69, 9.17) is 0 Å². The fraction of sp³-hybridized carbons (Fsp3) is 0.375. The Balaban J connectivity index is 3.52. The van der Waals surface area contributed by atoms with Crippen molar-refractivity contribution in [1.82, 2.24) is 4.57 Å². The maximum atomic E-state index is 12.9. The number of hydrogen-bond donors (Lipinski definition) is 1. The lowest BCUT2D eigenvalue weighted by molar-refractivity contribution is 0.401. The minimum Gasteiger partial charge on any atom is -0.494 e. The van der Waals surface area contributed by atoms with Crippen molar-refractivity contribution >= 4 is 0 Å². The first-order chi connectivity index (χ1) is 5.57. The molecule has 0 bridgehead atoms. The molecule has 1 N–H and O–H groups in total. The van der Waals surface area contributed by atoms with Gasteiger partial charge in [0.25, 0.3) is 5.56 Å². The average Bonchev–Trinajstić information content (AvgIpc) is 2.01. The van der Waals surface area contributed by atoms with Gasteiger partial charge in [-0.3, -0.25) is 9.36 Å². The zero-order chi connectivity index (χ0) is 9.30. The van der Waals surface area contributed by atoms with E-state index < -0.39 is 11.4 Å². The van der Waals surface area contributed by atoms with E-state index in [1.54, 1.807) is 6.92 Å². The molecule has 0 unspecified atom stereocenters. The molecule has 1 aromatic rings. The Hall–Kier alpha value is -1.32. The molecule has 0 amide bonds. The summed E-state index contributed by atoms with van der Waals surface area (Å²) in [5.74, 6) is -0.990. The van der Waals surface area contributed by atoms with Crippen molar-refractivity contribution in [1.29, 1.82) is 0 Å². The third-order valence-corrected chi connectivity index (χ3v) is 1.72. The van der Waals surface area contributed by atoms with E-state index in [-0.39, 0.29) is 18.0 Å². The largest absolute Gasteiger partial charge is 0.494 e. The lowest BCUT2D eigenvalue weighted by Crippen LogP contribution is -2.22. The van der Waals surface area contributed by atoms with Gasteiger partial charge >= 0.3 is 0 Å². The molecule has 4 heteroatoms. The molecule has 0 aliphatic heterocycles. The van der Waals surface area contributed by atoms with Crippen molar-refractivity contribution in [2.24, 2.45) is 0 Å². The van der Waals surface area contributed by atoms with Gasteiger partial charge in [-0.2, -0.15) is 0 Å². The fourth-order valence-electron chi connectivity index (χ4n) is 1.03. The first kappa shape index (κ1) is 8.77. The highest BCUT2D eigenvalue weighted by molar-refractivity contribution is 5.21. The van der Waals surface area contributed by atoms with Crippen molar-refractivity contribution in [2.75, 3.05) is 0 Å². The number of aromatic hydroxyl groups is 1. The lowest BCUT2D eigenvalue weighted by atomic mass is 10.3. The Morgan fingerprint density at radius 1 is 1.67 bits per heavy atom. The van der Waals surface area contributed by atoms with E-state index in [1.807, 2.05) is 0 Å². The van der Waals surface area contributed by atoms with Crippen LogP contribution in [0.1, 0.15) is 12.5 Å². The van der Waals surface area contributed by atoms with Gasteiger partial charge < -0.3 is 5.11 Å². The van der Waals surface area contributed by atoms with Crippen LogP contribution in [0.3, 0.4) is 0 Å². The van der Waals surface area contributed by atoms with E-state index in [0.717, 1.165) is 4.57 Å². The summed E-state index contributed by atoms with van der Waals surface area (Å²) < 4.78 is 13.9. The molecule has 1 heterocycles. The lowest BCUT2D eigenvalue weighted by Gasteiger charge is -2.06. The molecule has 0 spiro atoms. The summed E-state index contributed by atoms with van der Waals surface area (Å²) in [5.41, 5.74) is -0.600. The molecule has 1 rings (SSSR count). The van der Waals surface area contributed by atoms with Crippen LogP contribution in [0.15, 0.2) is 10.9 Å². The molecule has 66 valence electrons. The zero-order valence-corrected chi connectivity index (χ0v) is 6.97. The molecule has 0 aliphatic rings. The third kappa shape index (κ3) is 1.20. The molecule has 0 saturated heterocycles. The normalized spacial score (nSPS) is 10.2. The zero-order valence-electron chi connectivity index (χ0n) is 6.97. The Morgan fingerprint density at radius 2 is 2.25 bits per heavy atom. The van der Waals surface area contributed by atoms with Crippen LogP contribution in [0, 0.1) is 12.7 Å². The predicted molar refractivity (Wildman–Crippen MR) is 42.7 cm³/mol. The Kier molecular flexibility index (Phi) is 2.17. The maximum absolute atomic E-state index is 12.9. The van der Waals surface area contributed by atoms with Gasteiger partial charge in [-0.25, -0.2) is 4.39 Å². The second-order valence-corrected chi connectivity index (χ2v) is 2.55. The smallest absolute Gasteiger partial charge is 0.289 e. The molecule has 12 heavy (non-hydrogen) atoms. The van der Waals surface area contributed by atoms with Gasteiger partial charge in [-0.05, 0) is 19.4 Å². The molecule has 3 nitrogen and oxygen atoms in total. The SMILES string of the molecule is CCn1c(O)cc(C)c(F)c1=O. The standard InChI is InChI=1S/C8H10FNO2/c1-3-10-6(11)4-5(2)7(9)8(10)12/h4,11H,3H2,1-2H3. The van der Waals surface area contributed by atoms with E-state index >= 15 is 0 Å². The Morgan fingerprint density at radius 3 is 2.75 bits per heavy atom. The van der Waals surface area contributed by atoms with Crippen LogP contribution in [0.5, 0.6) is 5.88 Å². The molecule has 0 saturated carbocycles. The number of aromatic nitrogens is 1. The van der Waals surface area contributed by atoms with Crippen LogP contribution in [0.4, 0.5) is 4.39 Å². The highest BCUT2D eigenvalue weighted by Crippen LogP contribution is 2.10. The summed E-state index contributed by atoms with van der Waals surface area (Å²) in [6.07, 6.45) is 0. The van der Waals surface area contributed by atoms with Crippen LogP contribution in [0.25, 0.3) is 0 Å². The summed E-state index contributed by atoms with van der Waals surface area (Å²) in [6, 6.07) is 1.24. The van der Waals surface area contributed by atoms with E-state index in [2.05, 4.69) is 0 Å². The van der Waals surface area contributed by atoms with Gasteiger partial charge in [0.05, 0.1) is 0 Å². The van der Waals surface area contributed by atoms with Gasteiger partial charge in [-0.15, -0.1) is 0 Å². The van der Waals surface area contributed by atoms with E-state index in [0.29, 0.717) is 0 Å². The average molecular weight is 171 g/mol. The van der Waals surface area contributed by atoms with Crippen molar-refractivity contribution in [3.05, 3.63) is 27.8 Å². The Bertz CT molecular complexity index is 357. The first-order valence-electron chi connectivity index (χ1n) is 3.66. The highest BCUT2D eigenvalue weighted by Gasteiger charge is 2.09. The summed E-state index contributed by atoms with van der Waals surface area (Å²) >= 11 is 0. The second kappa shape index (κ2) is 2.97. The molecule has 0 aromatic carbocycles. The number of nitrogens with zero attached hydrogens (tertiary/aromatic N) is 1. The summed E-state index contributed by atoms with van der Waals surface area (Å²) in [4.78, 5) is 11.1. The van der Waals surface area contributed by atoms with Crippen molar-refractivity contribution in [2.45, 2.75) is 20.4 Å². The number of hydrogen-bond acceptors (Lipinski definition) is 2. The quantitative estimate of drug-likeness (QED) is 0.685. The van der Waals surface area contributed by atoms with Crippen LogP contribution >= 0.6 is 0 Å². The number of halogens is 1. The number of aryl methyl sites for hydroxylation is 1. The molecule has 0 fully saturated rings. The molecular formula is C8H10FNO2. The van der Waals surface area contributed by atoms with Crippen molar-refractivity contribution in [3.8, 4) is 5.88 Å². The number of pyridine rings is 1. The summed E-state index contributed by atoms with van der Waals surface area (Å²) in [6.45, 7) is 3.37. The van der Waals surface area contributed by atoms with Crippen LogP contribution in [0.2, 0.25) is 0 Å². The third-order valence-electron chi connectivity index (χ3n) is 1.72. The molecule has 0 radical (unpaired) electrons. The van der Waals surface area contributed by atoms with Gasteiger partial charge in [0.15, 0.2) is 11.7 Å². The topological polar surface area (TPSA) is 42.2 Å². The maximum Gasteiger partial charge on any atom is 0.289 e. The minimum absolute atomic E-state index is 0.169. The molecule has 0 atom stereocenters. The van der Waals surface area contributed by atoms with Crippen LogP contribution in [-0.4, -0.2) is 9.67 Å². The molecular weight excluding hydrogens is 161 g/mol. The monoisotopic (exact) mass is 171 g/mol. The summed E-state index contributed by atoms with van der Waals surface area (Å²) in [7, 11) is 0. The second-order valence-electron chi connectivity index (χ2n) is 2.55. The highest BCUT2D eigenvalue weighted by atomic mass is 19.1. The van der Waals surface area contributed by atoms with Gasteiger partial charge in [0.1, 0.15) is 0 Å². The van der Waals surface area contributed by atoms with Crippen molar-refractivity contribution < 1.29 is 9.50 Å². The predicted octanol–water partition coefficient (Wildman–Crippen LogP) is 1.02. The molecule has 1 aromatic heterocycles. The number of rotatable bonds is 1. The van der Waals surface area contributed by atoms with E-state index in [1.165, 1.54) is 13.0 Å². The van der Waals surface area contributed by atoms with E-state index in [9.17, 15) is 14.3 Å².